The van der Waals surface area contributed by atoms with Crippen molar-refractivity contribution < 1.29 is 19.2 Å². The predicted octanol–water partition coefficient (Wildman–Crippen LogP) is 2.40. The Labute approximate surface area is 110 Å². The average molecular weight is 265 g/mol. The normalized spacial score (nSPS) is 10.4. The third kappa shape index (κ3) is 4.79. The Morgan fingerprint density at radius 2 is 2.21 bits per heavy atom. The number of benzene rings is 1. The second-order valence-corrected chi connectivity index (χ2v) is 3.69. The zero-order valence-corrected chi connectivity index (χ0v) is 10.8. The first kappa shape index (κ1) is 14.7. The molecule has 0 atom stereocenters. The molecule has 0 N–H and O–H groups in total. The third-order valence-corrected chi connectivity index (χ3v) is 2.19. The summed E-state index contributed by atoms with van der Waals surface area (Å²) in [6.45, 7) is 3.82. The van der Waals surface area contributed by atoms with Crippen molar-refractivity contribution in [3.8, 4) is 5.75 Å². The molecule has 1 rings (SSSR count). The van der Waals surface area contributed by atoms with Crippen molar-refractivity contribution in [3.63, 3.8) is 0 Å². The number of hydrogen-bond donors (Lipinski definition) is 0. The molecule has 19 heavy (non-hydrogen) atoms. The van der Waals surface area contributed by atoms with Gasteiger partial charge in [-0.1, -0.05) is 6.07 Å². The van der Waals surface area contributed by atoms with Crippen molar-refractivity contribution in [1.29, 1.82) is 0 Å². The first-order valence-corrected chi connectivity index (χ1v) is 5.75. The van der Waals surface area contributed by atoms with Crippen molar-refractivity contribution in [1.82, 2.24) is 0 Å². The van der Waals surface area contributed by atoms with Gasteiger partial charge in [0.2, 0.25) is 0 Å². The van der Waals surface area contributed by atoms with Crippen LogP contribution in [0.15, 0.2) is 30.4 Å². The summed E-state index contributed by atoms with van der Waals surface area (Å²) in [5.74, 6) is -0.298. The lowest BCUT2D eigenvalue weighted by molar-refractivity contribution is -0.385. The van der Waals surface area contributed by atoms with Crippen molar-refractivity contribution in [2.45, 2.75) is 13.8 Å². The summed E-state index contributed by atoms with van der Waals surface area (Å²) in [4.78, 5) is 21.3. The van der Waals surface area contributed by atoms with Gasteiger partial charge in [0.1, 0.15) is 6.61 Å². The lowest BCUT2D eigenvalue weighted by Gasteiger charge is -2.04. The molecular weight excluding hydrogens is 250 g/mol. The Morgan fingerprint density at radius 1 is 1.47 bits per heavy atom. The fraction of sp³-hybridized carbons (Fsp3) is 0.308. The van der Waals surface area contributed by atoms with Gasteiger partial charge in [-0.05, 0) is 31.6 Å². The summed E-state index contributed by atoms with van der Waals surface area (Å²) in [6.07, 6.45) is 2.67. The largest absolute Gasteiger partial charge is 0.483 e. The van der Waals surface area contributed by atoms with Crippen LogP contribution in [0, 0.1) is 17.0 Å². The Bertz CT molecular complexity index is 496. The SMILES string of the molecule is CCOC(=O)/C=C/COc1ccc(C)cc1[N+](=O)[O-]. The van der Waals surface area contributed by atoms with E-state index in [1.54, 1.807) is 19.9 Å². The second-order valence-electron chi connectivity index (χ2n) is 3.69. The highest BCUT2D eigenvalue weighted by Crippen LogP contribution is 2.27. The standard InChI is InChI=1S/C13H15NO5/c1-3-18-13(15)5-4-8-19-12-7-6-10(2)9-11(12)14(16)17/h4-7,9H,3,8H2,1-2H3/b5-4+. The molecule has 102 valence electrons. The van der Waals surface area contributed by atoms with Crippen molar-refractivity contribution in [3.05, 3.63) is 46.0 Å². The number of nitro groups is 1. The zero-order valence-electron chi connectivity index (χ0n) is 10.8. The van der Waals surface area contributed by atoms with Crippen molar-refractivity contribution in [2.24, 2.45) is 0 Å². The summed E-state index contributed by atoms with van der Waals surface area (Å²) in [7, 11) is 0. The van der Waals surface area contributed by atoms with Crippen molar-refractivity contribution >= 4 is 11.7 Å². The van der Waals surface area contributed by atoms with Crippen LogP contribution < -0.4 is 4.74 Å². The summed E-state index contributed by atoms with van der Waals surface area (Å²) in [6, 6.07) is 4.69. The Kier molecular flexibility index (Phi) is 5.53. The molecule has 0 bridgehead atoms. The van der Waals surface area contributed by atoms with Gasteiger partial charge in [0.25, 0.3) is 0 Å². The van der Waals surface area contributed by atoms with Gasteiger partial charge in [-0.25, -0.2) is 4.79 Å². The fourth-order valence-electron chi connectivity index (χ4n) is 1.36. The van der Waals surface area contributed by atoms with E-state index in [1.807, 2.05) is 0 Å². The van der Waals surface area contributed by atoms with Crippen LogP contribution in [0.2, 0.25) is 0 Å². The fourth-order valence-corrected chi connectivity index (χ4v) is 1.36. The van der Waals surface area contributed by atoms with Crippen LogP contribution in [-0.4, -0.2) is 24.1 Å². The number of aryl methyl sites for hydroxylation is 1. The van der Waals surface area contributed by atoms with Crippen LogP contribution in [0.5, 0.6) is 5.75 Å². The monoisotopic (exact) mass is 265 g/mol. The topological polar surface area (TPSA) is 78.7 Å². The molecule has 0 saturated heterocycles. The minimum atomic E-state index is -0.503. The zero-order chi connectivity index (χ0) is 14.3. The van der Waals surface area contributed by atoms with E-state index in [0.717, 1.165) is 5.56 Å². The van der Waals surface area contributed by atoms with Crippen LogP contribution in [0.25, 0.3) is 0 Å². The minimum Gasteiger partial charge on any atom is -0.483 e. The maximum Gasteiger partial charge on any atom is 0.330 e. The Morgan fingerprint density at radius 3 is 2.84 bits per heavy atom. The van der Waals surface area contributed by atoms with Gasteiger partial charge in [-0.2, -0.15) is 0 Å². The molecule has 0 aromatic heterocycles. The molecule has 0 fully saturated rings. The molecule has 0 aliphatic carbocycles. The molecule has 0 unspecified atom stereocenters. The molecule has 0 saturated carbocycles. The quantitative estimate of drug-likeness (QED) is 0.341. The van der Waals surface area contributed by atoms with Gasteiger partial charge in [0.05, 0.1) is 11.5 Å². The van der Waals surface area contributed by atoms with Crippen molar-refractivity contribution in [2.75, 3.05) is 13.2 Å². The summed E-state index contributed by atoms with van der Waals surface area (Å²) in [5.41, 5.74) is 0.686. The van der Waals surface area contributed by atoms with E-state index in [4.69, 9.17) is 4.74 Å². The van der Waals surface area contributed by atoms with E-state index in [2.05, 4.69) is 4.74 Å². The molecule has 1 aromatic carbocycles. The van der Waals surface area contributed by atoms with E-state index in [9.17, 15) is 14.9 Å². The van der Waals surface area contributed by atoms with E-state index in [0.29, 0.717) is 6.61 Å². The maximum absolute atomic E-state index is 11.0. The molecule has 0 radical (unpaired) electrons. The molecule has 0 spiro atoms. The molecule has 0 amide bonds. The van der Waals surface area contributed by atoms with E-state index in [-0.39, 0.29) is 18.0 Å². The van der Waals surface area contributed by atoms with Gasteiger partial charge >= 0.3 is 11.7 Å². The lowest BCUT2D eigenvalue weighted by Crippen LogP contribution is -2.02. The highest BCUT2D eigenvalue weighted by Gasteiger charge is 2.14. The molecule has 6 heteroatoms. The molecule has 0 heterocycles. The first-order valence-electron chi connectivity index (χ1n) is 5.75. The first-order chi connectivity index (χ1) is 9.04. The molecule has 6 nitrogen and oxygen atoms in total. The molecule has 1 aromatic rings. The molecule has 0 aliphatic rings. The van der Waals surface area contributed by atoms with Crippen LogP contribution >= 0.6 is 0 Å². The highest BCUT2D eigenvalue weighted by molar-refractivity contribution is 5.81. The summed E-state index contributed by atoms with van der Waals surface area (Å²) < 4.78 is 9.93. The van der Waals surface area contributed by atoms with Crippen LogP contribution in [-0.2, 0) is 9.53 Å². The number of ether oxygens (including phenoxy) is 2. The summed E-state index contributed by atoms with van der Waals surface area (Å²) >= 11 is 0. The van der Waals surface area contributed by atoms with Gasteiger partial charge in [-0.15, -0.1) is 0 Å². The summed E-state index contributed by atoms with van der Waals surface area (Å²) in [5, 5.41) is 10.8. The number of esters is 1. The maximum atomic E-state index is 11.0. The highest BCUT2D eigenvalue weighted by atomic mass is 16.6. The Balaban J connectivity index is 2.63. The van der Waals surface area contributed by atoms with Gasteiger partial charge in [-0.3, -0.25) is 10.1 Å². The predicted molar refractivity (Wildman–Crippen MR) is 69.1 cm³/mol. The number of nitro benzene ring substituents is 1. The number of carbonyl (C=O) groups excluding carboxylic acids is 1. The van der Waals surface area contributed by atoms with Gasteiger partial charge in [0, 0.05) is 12.1 Å². The van der Waals surface area contributed by atoms with E-state index in [1.165, 1.54) is 24.3 Å². The second kappa shape index (κ2) is 7.15. The molecular formula is C13H15NO5. The van der Waals surface area contributed by atoms with Crippen LogP contribution in [0.4, 0.5) is 5.69 Å². The smallest absolute Gasteiger partial charge is 0.330 e. The third-order valence-electron chi connectivity index (χ3n) is 2.19. The van der Waals surface area contributed by atoms with Crippen LogP contribution in [0.1, 0.15) is 12.5 Å². The number of hydrogen-bond acceptors (Lipinski definition) is 5. The van der Waals surface area contributed by atoms with Gasteiger partial charge < -0.3 is 9.47 Å². The van der Waals surface area contributed by atoms with Crippen LogP contribution in [0.3, 0.4) is 0 Å². The number of rotatable bonds is 6. The average Bonchev–Trinajstić information content (AvgIpc) is 2.36. The number of carbonyl (C=O) groups is 1. The van der Waals surface area contributed by atoms with Gasteiger partial charge in [0.15, 0.2) is 5.75 Å². The Hall–Kier alpha value is -2.37. The minimum absolute atomic E-state index is 0.0582. The number of nitrogens with zero attached hydrogens (tertiary/aromatic N) is 1. The molecule has 0 aliphatic heterocycles. The lowest BCUT2D eigenvalue weighted by atomic mass is 10.2. The van der Waals surface area contributed by atoms with E-state index < -0.39 is 10.9 Å². The van der Waals surface area contributed by atoms with E-state index >= 15 is 0 Å².